The van der Waals surface area contributed by atoms with Crippen molar-refractivity contribution in [3.05, 3.63) is 18.1 Å². The van der Waals surface area contributed by atoms with E-state index >= 15 is 0 Å². The summed E-state index contributed by atoms with van der Waals surface area (Å²) >= 11 is 0. The van der Waals surface area contributed by atoms with E-state index in [1.54, 1.807) is 4.90 Å². The Bertz CT molecular complexity index is 574. The molecule has 0 aromatic carbocycles. The molecule has 126 valence electrons. The third-order valence-corrected chi connectivity index (χ3v) is 4.51. The maximum Gasteiger partial charge on any atom is 0.248 e. The van der Waals surface area contributed by atoms with Crippen LogP contribution < -0.4 is 5.73 Å². The van der Waals surface area contributed by atoms with Crippen LogP contribution in [0.25, 0.3) is 0 Å². The van der Waals surface area contributed by atoms with Crippen molar-refractivity contribution in [2.75, 3.05) is 25.4 Å². The summed E-state index contributed by atoms with van der Waals surface area (Å²) in [6.45, 7) is 1.16. The van der Waals surface area contributed by atoms with Gasteiger partial charge in [-0.05, 0) is 12.8 Å². The van der Waals surface area contributed by atoms with Crippen molar-refractivity contribution in [1.82, 2.24) is 14.9 Å². The average molecular weight is 326 g/mol. The number of aromatic nitrogens is 2. The molecule has 0 radical (unpaired) electrons. The molecule has 1 aromatic heterocycles. The molecule has 3 rings (SSSR count). The Morgan fingerprint density at radius 3 is 2.70 bits per heavy atom. The van der Waals surface area contributed by atoms with Crippen molar-refractivity contribution in [3.8, 4) is 0 Å². The molecule has 1 atom stereocenters. The summed E-state index contributed by atoms with van der Waals surface area (Å²) in [4.78, 5) is 22.4. The van der Waals surface area contributed by atoms with E-state index < -0.39 is 12.0 Å². The Balaban J connectivity index is 1.65. The summed E-state index contributed by atoms with van der Waals surface area (Å²) in [5.74, 6) is -2.74. The number of morpholine rings is 1. The fraction of sp³-hybridized carbons (Fsp3) is 0.667. The Hall–Kier alpha value is -1.83. The van der Waals surface area contributed by atoms with Crippen LogP contribution in [-0.4, -0.2) is 46.4 Å². The van der Waals surface area contributed by atoms with Gasteiger partial charge in [0.2, 0.25) is 11.8 Å². The predicted octanol–water partition coefficient (Wildman–Crippen LogP) is 1.78. The second-order valence-electron chi connectivity index (χ2n) is 6.10. The van der Waals surface area contributed by atoms with E-state index in [1.807, 2.05) is 0 Å². The molecule has 23 heavy (non-hydrogen) atoms. The Kier molecular flexibility index (Phi) is 4.43. The first kappa shape index (κ1) is 16.0. The van der Waals surface area contributed by atoms with Crippen LogP contribution in [0.2, 0.25) is 0 Å². The minimum atomic E-state index is -2.63. The molecule has 2 N–H and O–H groups in total. The van der Waals surface area contributed by atoms with Gasteiger partial charge in [0.1, 0.15) is 17.6 Å². The van der Waals surface area contributed by atoms with E-state index in [9.17, 15) is 13.6 Å². The molecule has 1 aliphatic carbocycles. The lowest BCUT2D eigenvalue weighted by Gasteiger charge is -2.36. The van der Waals surface area contributed by atoms with Gasteiger partial charge < -0.3 is 15.4 Å². The summed E-state index contributed by atoms with van der Waals surface area (Å²) in [5, 5.41) is 0. The fourth-order valence-corrected chi connectivity index (χ4v) is 3.17. The summed E-state index contributed by atoms with van der Waals surface area (Å²) in [7, 11) is 0. The molecule has 2 heterocycles. The number of rotatable bonds is 2. The first-order valence-electron chi connectivity index (χ1n) is 7.81. The van der Waals surface area contributed by atoms with E-state index in [0.29, 0.717) is 25.4 Å². The average Bonchev–Trinajstić information content (AvgIpc) is 2.55. The van der Waals surface area contributed by atoms with Crippen LogP contribution in [-0.2, 0) is 9.53 Å². The highest BCUT2D eigenvalue weighted by Crippen LogP contribution is 2.37. The van der Waals surface area contributed by atoms with E-state index in [2.05, 4.69) is 9.97 Å². The zero-order valence-corrected chi connectivity index (χ0v) is 12.8. The number of nitrogen functional groups attached to an aromatic ring is 1. The van der Waals surface area contributed by atoms with Crippen LogP contribution in [0.5, 0.6) is 0 Å². The number of amides is 1. The van der Waals surface area contributed by atoms with E-state index in [0.717, 1.165) is 0 Å². The number of anilines is 1. The summed E-state index contributed by atoms with van der Waals surface area (Å²) in [6.07, 6.45) is 2.64. The number of halogens is 2. The van der Waals surface area contributed by atoms with Crippen molar-refractivity contribution in [2.45, 2.75) is 37.7 Å². The SMILES string of the molecule is Nc1nccnc1C1CN(C(=O)C2CCC(F)(F)CC2)CCO1. The molecule has 1 saturated heterocycles. The molecule has 0 bridgehead atoms. The second kappa shape index (κ2) is 6.35. The monoisotopic (exact) mass is 326 g/mol. The largest absolute Gasteiger partial charge is 0.382 e. The molecular weight excluding hydrogens is 306 g/mol. The van der Waals surface area contributed by atoms with Crippen molar-refractivity contribution in [3.63, 3.8) is 0 Å². The Morgan fingerprint density at radius 2 is 2.00 bits per heavy atom. The topological polar surface area (TPSA) is 81.3 Å². The lowest BCUT2D eigenvalue weighted by Crippen LogP contribution is -2.46. The third kappa shape index (κ3) is 3.57. The molecule has 2 aliphatic rings. The van der Waals surface area contributed by atoms with Crippen LogP contribution in [0.3, 0.4) is 0 Å². The van der Waals surface area contributed by atoms with Gasteiger partial charge >= 0.3 is 0 Å². The number of carbonyl (C=O) groups is 1. The molecule has 2 fully saturated rings. The molecule has 1 amide bonds. The smallest absolute Gasteiger partial charge is 0.248 e. The van der Waals surface area contributed by atoms with Crippen molar-refractivity contribution >= 4 is 11.7 Å². The zero-order chi connectivity index (χ0) is 16.4. The van der Waals surface area contributed by atoms with E-state index in [4.69, 9.17) is 10.5 Å². The number of alkyl halides is 2. The number of carbonyl (C=O) groups excluding carboxylic acids is 1. The standard InChI is InChI=1S/C15H20F2N4O2/c16-15(17)3-1-10(2-4-15)14(22)21-7-8-23-11(9-21)12-13(18)20-6-5-19-12/h5-6,10-11H,1-4,7-9H2,(H2,18,20). The zero-order valence-electron chi connectivity index (χ0n) is 12.8. The molecule has 1 saturated carbocycles. The van der Waals surface area contributed by atoms with Crippen LogP contribution in [0, 0.1) is 5.92 Å². The van der Waals surface area contributed by atoms with Gasteiger partial charge in [-0.25, -0.2) is 13.8 Å². The highest BCUT2D eigenvalue weighted by atomic mass is 19.3. The summed E-state index contributed by atoms with van der Waals surface area (Å²) < 4.78 is 32.1. The fourth-order valence-electron chi connectivity index (χ4n) is 3.17. The highest BCUT2D eigenvalue weighted by molar-refractivity contribution is 5.79. The second-order valence-corrected chi connectivity index (χ2v) is 6.10. The predicted molar refractivity (Wildman–Crippen MR) is 78.6 cm³/mol. The van der Waals surface area contributed by atoms with Gasteiger partial charge in [0.15, 0.2) is 0 Å². The van der Waals surface area contributed by atoms with Gasteiger partial charge in [-0.15, -0.1) is 0 Å². The minimum Gasteiger partial charge on any atom is -0.382 e. The molecule has 0 spiro atoms. The first-order chi connectivity index (χ1) is 11.0. The highest BCUT2D eigenvalue weighted by Gasteiger charge is 2.39. The van der Waals surface area contributed by atoms with Gasteiger partial charge in [-0.1, -0.05) is 0 Å². The molecule has 1 aromatic rings. The third-order valence-electron chi connectivity index (χ3n) is 4.51. The van der Waals surface area contributed by atoms with Crippen molar-refractivity contribution in [2.24, 2.45) is 5.92 Å². The van der Waals surface area contributed by atoms with Crippen LogP contribution >= 0.6 is 0 Å². The van der Waals surface area contributed by atoms with Crippen LogP contribution in [0.4, 0.5) is 14.6 Å². The number of nitrogens with two attached hydrogens (primary N) is 1. The molecule has 1 unspecified atom stereocenters. The molecule has 8 heteroatoms. The lowest BCUT2D eigenvalue weighted by molar-refractivity contribution is -0.147. The number of hydrogen-bond donors (Lipinski definition) is 1. The van der Waals surface area contributed by atoms with Gasteiger partial charge in [0.25, 0.3) is 0 Å². The van der Waals surface area contributed by atoms with Crippen LogP contribution in [0.15, 0.2) is 12.4 Å². The molecule has 1 aliphatic heterocycles. The number of ether oxygens (including phenoxy) is 1. The van der Waals surface area contributed by atoms with Gasteiger partial charge in [0, 0.05) is 37.7 Å². The maximum atomic E-state index is 13.2. The van der Waals surface area contributed by atoms with E-state index in [-0.39, 0.29) is 43.3 Å². The normalized spacial score (nSPS) is 25.3. The van der Waals surface area contributed by atoms with Crippen molar-refractivity contribution < 1.29 is 18.3 Å². The van der Waals surface area contributed by atoms with Gasteiger partial charge in [-0.2, -0.15) is 0 Å². The lowest BCUT2D eigenvalue weighted by atomic mass is 9.85. The van der Waals surface area contributed by atoms with Crippen LogP contribution in [0.1, 0.15) is 37.5 Å². The minimum absolute atomic E-state index is 0.0729. The van der Waals surface area contributed by atoms with E-state index in [1.165, 1.54) is 12.4 Å². The molecule has 6 nitrogen and oxygen atoms in total. The Morgan fingerprint density at radius 1 is 1.30 bits per heavy atom. The quantitative estimate of drug-likeness (QED) is 0.896. The maximum absolute atomic E-state index is 13.2. The summed E-state index contributed by atoms with van der Waals surface area (Å²) in [6, 6.07) is 0. The van der Waals surface area contributed by atoms with Crippen molar-refractivity contribution in [1.29, 1.82) is 0 Å². The molecular formula is C15H20F2N4O2. The number of hydrogen-bond acceptors (Lipinski definition) is 5. The van der Waals surface area contributed by atoms with Gasteiger partial charge in [-0.3, -0.25) is 9.78 Å². The first-order valence-corrected chi connectivity index (χ1v) is 7.81. The Labute approximate surface area is 133 Å². The summed E-state index contributed by atoms with van der Waals surface area (Å²) in [5.41, 5.74) is 6.32. The van der Waals surface area contributed by atoms with Gasteiger partial charge in [0.05, 0.1) is 13.2 Å². The number of nitrogens with zero attached hydrogens (tertiary/aromatic N) is 3.